The minimum Gasteiger partial charge on any atom is -0.385 e. The molecule has 0 aromatic carbocycles. The average Bonchev–Trinajstić information content (AvgIpc) is 2.39. The fourth-order valence-electron chi connectivity index (χ4n) is 2.37. The zero-order chi connectivity index (χ0) is 14.7. The standard InChI is InChI=1S/C13H15BrF2N2O2/c1-20-3-2-8-4-12(19)18(7-11(15)16)13-10(8)5-9(14)6-17-13/h5-6,8,11H,2-4,7H2,1H3. The highest BCUT2D eigenvalue weighted by molar-refractivity contribution is 9.10. The molecular weight excluding hydrogens is 334 g/mol. The van der Waals surface area contributed by atoms with Crippen molar-refractivity contribution >= 4 is 27.7 Å². The van der Waals surface area contributed by atoms with Crippen LogP contribution >= 0.6 is 15.9 Å². The second kappa shape index (κ2) is 6.58. The molecule has 7 heteroatoms. The van der Waals surface area contributed by atoms with Gasteiger partial charge in [0.15, 0.2) is 0 Å². The van der Waals surface area contributed by atoms with Gasteiger partial charge in [-0.1, -0.05) is 0 Å². The van der Waals surface area contributed by atoms with E-state index >= 15 is 0 Å². The number of hydrogen-bond donors (Lipinski definition) is 0. The van der Waals surface area contributed by atoms with E-state index in [0.29, 0.717) is 18.8 Å². The average molecular weight is 349 g/mol. The Labute approximate surface area is 124 Å². The SMILES string of the molecule is COCCC1CC(=O)N(CC(F)F)c2ncc(Br)cc21. The third kappa shape index (κ3) is 3.32. The van der Waals surface area contributed by atoms with Crippen molar-refractivity contribution < 1.29 is 18.3 Å². The van der Waals surface area contributed by atoms with Crippen LogP contribution < -0.4 is 4.90 Å². The molecule has 1 amide bonds. The van der Waals surface area contributed by atoms with E-state index in [2.05, 4.69) is 20.9 Å². The minimum absolute atomic E-state index is 0.0450. The van der Waals surface area contributed by atoms with Gasteiger partial charge in [-0.15, -0.1) is 0 Å². The molecule has 20 heavy (non-hydrogen) atoms. The van der Waals surface area contributed by atoms with Crippen LogP contribution in [0.4, 0.5) is 14.6 Å². The van der Waals surface area contributed by atoms with Gasteiger partial charge in [-0.05, 0) is 39.9 Å². The number of alkyl halides is 2. The number of ether oxygens (including phenoxy) is 1. The lowest BCUT2D eigenvalue weighted by Gasteiger charge is -2.32. The first-order valence-electron chi connectivity index (χ1n) is 6.25. The maximum atomic E-state index is 12.6. The highest BCUT2D eigenvalue weighted by Crippen LogP contribution is 2.38. The second-order valence-electron chi connectivity index (χ2n) is 4.64. The summed E-state index contributed by atoms with van der Waals surface area (Å²) in [6.07, 6.45) is -0.187. The van der Waals surface area contributed by atoms with Crippen molar-refractivity contribution in [1.82, 2.24) is 4.98 Å². The zero-order valence-corrected chi connectivity index (χ0v) is 12.6. The monoisotopic (exact) mass is 348 g/mol. The summed E-state index contributed by atoms with van der Waals surface area (Å²) in [5.74, 6) is -0.0176. The quantitative estimate of drug-likeness (QED) is 0.821. The van der Waals surface area contributed by atoms with Gasteiger partial charge < -0.3 is 4.74 Å². The van der Waals surface area contributed by atoms with E-state index in [1.54, 1.807) is 7.11 Å². The number of halogens is 3. The number of fused-ring (bicyclic) bond motifs is 1. The third-order valence-electron chi connectivity index (χ3n) is 3.27. The molecule has 0 spiro atoms. The molecular formula is C13H15BrF2N2O2. The molecule has 0 bridgehead atoms. The molecule has 1 aliphatic rings. The first kappa shape index (κ1) is 15.3. The number of amides is 1. The molecule has 0 N–H and O–H groups in total. The minimum atomic E-state index is -2.58. The zero-order valence-electron chi connectivity index (χ0n) is 11.0. The Morgan fingerprint density at radius 2 is 2.35 bits per heavy atom. The Kier molecular flexibility index (Phi) is 5.04. The largest absolute Gasteiger partial charge is 0.385 e. The van der Waals surface area contributed by atoms with E-state index in [1.807, 2.05) is 6.07 Å². The summed E-state index contributed by atoms with van der Waals surface area (Å²) in [5, 5.41) is 0. The molecule has 1 aliphatic heterocycles. The number of rotatable bonds is 5. The fourth-order valence-corrected chi connectivity index (χ4v) is 2.72. The van der Waals surface area contributed by atoms with E-state index < -0.39 is 13.0 Å². The molecule has 0 radical (unpaired) electrons. The normalized spacial score (nSPS) is 18.6. The van der Waals surface area contributed by atoms with Crippen LogP contribution in [0.1, 0.15) is 24.3 Å². The smallest absolute Gasteiger partial charge is 0.256 e. The van der Waals surface area contributed by atoms with Crippen molar-refractivity contribution in [2.75, 3.05) is 25.2 Å². The Morgan fingerprint density at radius 3 is 3.00 bits per heavy atom. The molecule has 110 valence electrons. The lowest BCUT2D eigenvalue weighted by molar-refractivity contribution is -0.120. The number of aromatic nitrogens is 1. The molecule has 0 saturated carbocycles. The van der Waals surface area contributed by atoms with Crippen LogP contribution in [0.5, 0.6) is 0 Å². The van der Waals surface area contributed by atoms with Gasteiger partial charge in [0.05, 0.1) is 6.54 Å². The van der Waals surface area contributed by atoms with Crippen LogP contribution in [0, 0.1) is 0 Å². The molecule has 0 saturated heterocycles. The summed E-state index contributed by atoms with van der Waals surface area (Å²) < 4.78 is 31.0. The maximum absolute atomic E-state index is 12.6. The Hall–Kier alpha value is -1.08. The lowest BCUT2D eigenvalue weighted by atomic mass is 9.89. The first-order chi connectivity index (χ1) is 9.52. The van der Waals surface area contributed by atoms with Gasteiger partial charge >= 0.3 is 0 Å². The van der Waals surface area contributed by atoms with E-state index in [4.69, 9.17) is 4.74 Å². The molecule has 2 rings (SSSR count). The predicted molar refractivity (Wildman–Crippen MR) is 74.1 cm³/mol. The number of nitrogens with zero attached hydrogens (tertiary/aromatic N) is 2. The summed E-state index contributed by atoms with van der Waals surface area (Å²) in [6.45, 7) is -0.101. The fraction of sp³-hybridized carbons (Fsp3) is 0.538. The van der Waals surface area contributed by atoms with E-state index in [-0.39, 0.29) is 18.2 Å². The van der Waals surface area contributed by atoms with Gasteiger partial charge in [0, 0.05) is 30.8 Å². The number of carbonyl (C=O) groups excluding carboxylic acids is 1. The molecule has 1 aromatic rings. The van der Waals surface area contributed by atoms with Crippen LogP contribution in [0.3, 0.4) is 0 Å². The molecule has 0 fully saturated rings. The number of methoxy groups -OCH3 is 1. The van der Waals surface area contributed by atoms with Gasteiger partial charge in [0.25, 0.3) is 6.43 Å². The van der Waals surface area contributed by atoms with Crippen LogP contribution in [0.25, 0.3) is 0 Å². The number of carbonyl (C=O) groups is 1. The van der Waals surface area contributed by atoms with Gasteiger partial charge in [0.2, 0.25) is 5.91 Å². The van der Waals surface area contributed by atoms with Crippen molar-refractivity contribution in [2.24, 2.45) is 0 Å². The third-order valence-corrected chi connectivity index (χ3v) is 3.70. The van der Waals surface area contributed by atoms with Gasteiger partial charge in [-0.3, -0.25) is 9.69 Å². The summed E-state index contributed by atoms with van der Waals surface area (Å²) in [7, 11) is 1.59. The van der Waals surface area contributed by atoms with Crippen molar-refractivity contribution in [3.05, 3.63) is 22.3 Å². The lowest BCUT2D eigenvalue weighted by Crippen LogP contribution is -2.40. The van der Waals surface area contributed by atoms with Gasteiger partial charge in [0.1, 0.15) is 5.82 Å². The Bertz CT molecular complexity index is 499. The number of anilines is 1. The van der Waals surface area contributed by atoms with Gasteiger partial charge in [-0.2, -0.15) is 0 Å². The Balaban J connectivity index is 2.35. The van der Waals surface area contributed by atoms with Crippen LogP contribution in [-0.2, 0) is 9.53 Å². The van der Waals surface area contributed by atoms with Crippen molar-refractivity contribution in [3.8, 4) is 0 Å². The second-order valence-corrected chi connectivity index (χ2v) is 5.56. The summed E-state index contributed by atoms with van der Waals surface area (Å²) in [4.78, 5) is 17.3. The summed E-state index contributed by atoms with van der Waals surface area (Å²) >= 11 is 3.33. The van der Waals surface area contributed by atoms with Crippen LogP contribution in [0.15, 0.2) is 16.7 Å². The van der Waals surface area contributed by atoms with Crippen LogP contribution in [0.2, 0.25) is 0 Å². The van der Waals surface area contributed by atoms with E-state index in [1.165, 1.54) is 6.20 Å². The Morgan fingerprint density at radius 1 is 1.60 bits per heavy atom. The molecule has 1 unspecified atom stereocenters. The number of hydrogen-bond acceptors (Lipinski definition) is 3. The molecule has 1 atom stereocenters. The first-order valence-corrected chi connectivity index (χ1v) is 7.05. The molecule has 4 nitrogen and oxygen atoms in total. The van der Waals surface area contributed by atoms with E-state index in [0.717, 1.165) is 14.9 Å². The maximum Gasteiger partial charge on any atom is 0.256 e. The molecule has 2 heterocycles. The van der Waals surface area contributed by atoms with E-state index in [9.17, 15) is 13.6 Å². The highest BCUT2D eigenvalue weighted by Gasteiger charge is 2.33. The van der Waals surface area contributed by atoms with Crippen molar-refractivity contribution in [3.63, 3.8) is 0 Å². The van der Waals surface area contributed by atoms with Gasteiger partial charge in [-0.25, -0.2) is 13.8 Å². The summed E-state index contributed by atoms with van der Waals surface area (Å²) in [5.41, 5.74) is 0.816. The topological polar surface area (TPSA) is 42.4 Å². The predicted octanol–water partition coefficient (Wildman–Crippen LogP) is 2.97. The van der Waals surface area contributed by atoms with Crippen LogP contribution in [-0.4, -0.2) is 37.6 Å². The molecule has 1 aromatic heterocycles. The van der Waals surface area contributed by atoms with Crippen molar-refractivity contribution in [1.29, 1.82) is 0 Å². The number of pyridine rings is 1. The highest BCUT2D eigenvalue weighted by atomic mass is 79.9. The summed E-state index contributed by atoms with van der Waals surface area (Å²) in [6, 6.07) is 1.84. The van der Waals surface area contributed by atoms with Crippen molar-refractivity contribution in [2.45, 2.75) is 25.2 Å². The molecule has 0 aliphatic carbocycles.